The number of benzene rings is 2. The largest absolute Gasteiger partial charge is 0.424 e. The van der Waals surface area contributed by atoms with E-state index in [1.807, 2.05) is 4.90 Å². The van der Waals surface area contributed by atoms with Gasteiger partial charge in [-0.15, -0.1) is 11.3 Å². The Morgan fingerprint density at radius 3 is 2.67 bits per heavy atom. The molecule has 0 amide bonds. The van der Waals surface area contributed by atoms with E-state index in [1.54, 1.807) is 24.1 Å². The molecule has 2 aliphatic heterocycles. The van der Waals surface area contributed by atoms with Gasteiger partial charge in [0.05, 0.1) is 65.4 Å². The monoisotopic (exact) mass is 651 g/mol. The number of hydrogen-bond acceptors (Lipinski definition) is 7. The lowest BCUT2D eigenvalue weighted by molar-refractivity contribution is -0.126. The summed E-state index contributed by atoms with van der Waals surface area (Å²) < 4.78 is 96.8. The number of morpholine rings is 1. The Bertz CT molecular complexity index is 1620. The van der Waals surface area contributed by atoms with Crippen molar-refractivity contribution in [1.82, 2.24) is 4.90 Å². The SMILES string of the molecule is [C-]#[N+]COc1cc(N2CCOCC2)c(F)cc1NCC#Cc1sc2c(NC3CCN(C)CC3(F)F)cccc2c1CC(F)(F)F. The molecule has 45 heavy (non-hydrogen) atoms. The minimum atomic E-state index is -4.53. The van der Waals surface area contributed by atoms with Gasteiger partial charge in [-0.05, 0) is 30.5 Å². The van der Waals surface area contributed by atoms with Gasteiger partial charge in [0, 0.05) is 31.8 Å². The normalized spacial score (nSPS) is 18.6. The highest BCUT2D eigenvalue weighted by atomic mass is 32.1. The van der Waals surface area contributed by atoms with Crippen molar-refractivity contribution in [3.63, 3.8) is 0 Å². The van der Waals surface area contributed by atoms with Gasteiger partial charge in [0.2, 0.25) is 0 Å². The zero-order chi connectivity index (χ0) is 32.2. The number of anilines is 3. The molecule has 2 fully saturated rings. The summed E-state index contributed by atoms with van der Waals surface area (Å²) in [7, 11) is 1.62. The fourth-order valence-electron chi connectivity index (χ4n) is 5.45. The minimum Gasteiger partial charge on any atom is -0.424 e. The van der Waals surface area contributed by atoms with Gasteiger partial charge >= 0.3 is 12.9 Å². The second-order valence-electron chi connectivity index (χ2n) is 10.9. The van der Waals surface area contributed by atoms with E-state index in [9.17, 15) is 22.0 Å². The van der Waals surface area contributed by atoms with Crippen LogP contribution in [0.4, 0.5) is 43.4 Å². The van der Waals surface area contributed by atoms with Gasteiger partial charge in [-0.1, -0.05) is 24.0 Å². The van der Waals surface area contributed by atoms with Crippen molar-refractivity contribution in [3.05, 3.63) is 58.0 Å². The Balaban J connectivity index is 1.41. The van der Waals surface area contributed by atoms with Gasteiger partial charge < -0.3 is 29.9 Å². The van der Waals surface area contributed by atoms with E-state index >= 15 is 4.39 Å². The van der Waals surface area contributed by atoms with Gasteiger partial charge in [-0.25, -0.2) is 19.7 Å². The molecule has 1 atom stereocenters. The van der Waals surface area contributed by atoms with Crippen LogP contribution in [0.25, 0.3) is 14.9 Å². The Hall–Kier alpha value is -3.85. The van der Waals surface area contributed by atoms with Crippen LogP contribution in [0.15, 0.2) is 30.3 Å². The smallest absolute Gasteiger partial charge is 0.393 e. The predicted molar refractivity (Wildman–Crippen MR) is 163 cm³/mol. The third-order valence-electron chi connectivity index (χ3n) is 7.57. The van der Waals surface area contributed by atoms with Gasteiger partial charge in [-0.2, -0.15) is 13.2 Å². The number of hydrogen-bond donors (Lipinski definition) is 2. The zero-order valence-electron chi connectivity index (χ0n) is 24.4. The van der Waals surface area contributed by atoms with E-state index < -0.39 is 36.9 Å². The second kappa shape index (κ2) is 13.6. The molecule has 2 aliphatic rings. The number of nitrogens with zero attached hydrogens (tertiary/aromatic N) is 3. The molecule has 0 aliphatic carbocycles. The Morgan fingerprint density at radius 2 is 1.96 bits per heavy atom. The summed E-state index contributed by atoms with van der Waals surface area (Å²) in [6.07, 6.45) is -5.59. The maximum atomic E-state index is 15.1. The third kappa shape index (κ3) is 7.87. The summed E-state index contributed by atoms with van der Waals surface area (Å²) in [5, 5.41) is 6.13. The second-order valence-corrected chi connectivity index (χ2v) is 11.9. The average molecular weight is 652 g/mol. The lowest BCUT2D eigenvalue weighted by Gasteiger charge is -2.37. The first-order valence-corrected chi connectivity index (χ1v) is 15.1. The number of alkyl halides is 5. The van der Waals surface area contributed by atoms with Crippen LogP contribution in [-0.2, 0) is 11.2 Å². The summed E-state index contributed by atoms with van der Waals surface area (Å²) in [4.78, 5) is 6.71. The van der Waals surface area contributed by atoms with Gasteiger partial charge in [0.1, 0.15) is 5.82 Å². The van der Waals surface area contributed by atoms with Gasteiger partial charge in [0.25, 0.3) is 5.92 Å². The highest BCUT2D eigenvalue weighted by Crippen LogP contribution is 2.40. The van der Waals surface area contributed by atoms with Crippen molar-refractivity contribution in [1.29, 1.82) is 0 Å². The topological polar surface area (TPSA) is 53.4 Å². The Labute approximate surface area is 260 Å². The summed E-state index contributed by atoms with van der Waals surface area (Å²) >= 11 is 1.01. The van der Waals surface area contributed by atoms with E-state index in [2.05, 4.69) is 27.3 Å². The molecule has 0 radical (unpaired) electrons. The van der Waals surface area contributed by atoms with Crippen molar-refractivity contribution in [2.75, 3.05) is 75.2 Å². The number of likely N-dealkylation sites (tertiary alicyclic amines) is 1. The van der Waals surface area contributed by atoms with Crippen LogP contribution in [0, 0.1) is 24.2 Å². The van der Waals surface area contributed by atoms with E-state index in [4.69, 9.17) is 16.0 Å². The molecule has 14 heteroatoms. The highest BCUT2D eigenvalue weighted by Gasteiger charge is 2.44. The molecular formula is C31H31F6N5O2S. The third-order valence-corrected chi connectivity index (χ3v) is 8.77. The number of ether oxygens (including phenoxy) is 2. The number of thiophene rings is 1. The van der Waals surface area contributed by atoms with Crippen LogP contribution in [0.1, 0.15) is 16.9 Å². The molecule has 2 aromatic carbocycles. The van der Waals surface area contributed by atoms with Crippen LogP contribution in [0.2, 0.25) is 0 Å². The minimum absolute atomic E-state index is 0.0317. The Kier molecular flexibility index (Phi) is 9.87. The highest BCUT2D eigenvalue weighted by molar-refractivity contribution is 7.20. The van der Waals surface area contributed by atoms with Crippen LogP contribution in [-0.4, -0.2) is 82.8 Å². The molecule has 1 aromatic heterocycles. The van der Waals surface area contributed by atoms with Gasteiger partial charge in [-0.3, -0.25) is 4.85 Å². The van der Waals surface area contributed by atoms with E-state index in [1.165, 1.54) is 18.2 Å². The first kappa shape index (κ1) is 32.5. The quantitative estimate of drug-likeness (QED) is 0.166. The van der Waals surface area contributed by atoms with Crippen LogP contribution in [0.3, 0.4) is 0 Å². The molecule has 7 nitrogen and oxygen atoms in total. The maximum Gasteiger partial charge on any atom is 0.393 e. The first-order valence-electron chi connectivity index (χ1n) is 14.2. The van der Waals surface area contributed by atoms with E-state index in [-0.39, 0.29) is 41.6 Å². The number of fused-ring (bicyclic) bond motifs is 1. The predicted octanol–water partition coefficient (Wildman–Crippen LogP) is 6.45. The van der Waals surface area contributed by atoms with Crippen LogP contribution in [0.5, 0.6) is 5.75 Å². The molecule has 2 saturated heterocycles. The van der Waals surface area contributed by atoms with Crippen LogP contribution >= 0.6 is 11.3 Å². The number of rotatable bonds is 8. The van der Waals surface area contributed by atoms with Crippen molar-refractivity contribution in [2.24, 2.45) is 0 Å². The van der Waals surface area contributed by atoms with Crippen molar-refractivity contribution in [3.8, 4) is 17.6 Å². The molecule has 0 spiro atoms. The molecule has 240 valence electrons. The van der Waals surface area contributed by atoms with Crippen molar-refractivity contribution < 1.29 is 35.8 Å². The maximum absolute atomic E-state index is 15.1. The molecule has 0 saturated carbocycles. The van der Waals surface area contributed by atoms with Crippen molar-refractivity contribution in [2.45, 2.75) is 31.0 Å². The summed E-state index contributed by atoms with van der Waals surface area (Å²) in [5.41, 5.74) is 0.841. The van der Waals surface area contributed by atoms with Gasteiger partial charge in [0.15, 0.2) is 5.75 Å². The fraction of sp³-hybridized carbons (Fsp3) is 0.452. The molecule has 2 N–H and O–H groups in total. The zero-order valence-corrected chi connectivity index (χ0v) is 25.2. The molecule has 3 aromatic rings. The van der Waals surface area contributed by atoms with E-state index in [0.717, 1.165) is 11.3 Å². The summed E-state index contributed by atoms with van der Waals surface area (Å²) in [6.45, 7) is 8.61. The molecule has 3 heterocycles. The lowest BCUT2D eigenvalue weighted by atomic mass is 10.0. The van der Waals surface area contributed by atoms with Crippen LogP contribution < -0.4 is 20.3 Å². The first-order chi connectivity index (χ1) is 21.4. The molecule has 5 rings (SSSR count). The Morgan fingerprint density at radius 1 is 1.18 bits per heavy atom. The van der Waals surface area contributed by atoms with E-state index in [0.29, 0.717) is 54.3 Å². The summed E-state index contributed by atoms with van der Waals surface area (Å²) in [5.74, 6) is 2.31. The fourth-order valence-corrected chi connectivity index (χ4v) is 6.62. The summed E-state index contributed by atoms with van der Waals surface area (Å²) in [6, 6.07) is 6.23. The lowest BCUT2D eigenvalue weighted by Crippen LogP contribution is -2.53. The van der Waals surface area contributed by atoms with Crippen molar-refractivity contribution >= 4 is 38.5 Å². The number of halogens is 6. The number of piperidine rings is 1. The number of nitrogens with one attached hydrogen (secondary N) is 2. The standard InChI is InChI=1S/C31H31F6N5O2S/c1-38-19-44-26-16-25(42-11-13-43-14-12-42)22(32)15-24(26)39-9-4-7-27-21(17-31(35,36)37)20-5-3-6-23(29(20)45-27)40-28-8-10-41(2)18-30(28,33)34/h3,5-6,15-16,28,39-40H,8-14,17-19H2,2H3. The molecule has 0 bridgehead atoms. The average Bonchev–Trinajstić information content (AvgIpc) is 3.32. The molecule has 1 unspecified atom stereocenters. The molecular weight excluding hydrogens is 620 g/mol.